The van der Waals surface area contributed by atoms with Gasteiger partial charge in [0.15, 0.2) is 0 Å². The number of aromatic nitrogens is 2. The van der Waals surface area contributed by atoms with Crippen molar-refractivity contribution in [1.29, 1.82) is 0 Å². The van der Waals surface area contributed by atoms with E-state index in [4.69, 9.17) is 0 Å². The van der Waals surface area contributed by atoms with Crippen LogP contribution in [0.25, 0.3) is 5.69 Å². The molecule has 1 amide bonds. The van der Waals surface area contributed by atoms with Gasteiger partial charge < -0.3 is 10.0 Å². The van der Waals surface area contributed by atoms with Gasteiger partial charge in [-0.3, -0.25) is 4.79 Å². The van der Waals surface area contributed by atoms with Gasteiger partial charge in [-0.1, -0.05) is 19.1 Å². The summed E-state index contributed by atoms with van der Waals surface area (Å²) in [5, 5.41) is 14.1. The Morgan fingerprint density at radius 2 is 2.13 bits per heavy atom. The fourth-order valence-corrected chi connectivity index (χ4v) is 2.89. The number of piperidine rings is 1. The van der Waals surface area contributed by atoms with Crippen LogP contribution in [0.4, 0.5) is 4.39 Å². The van der Waals surface area contributed by atoms with Crippen LogP contribution in [0.15, 0.2) is 30.5 Å². The van der Waals surface area contributed by atoms with Crippen molar-refractivity contribution < 1.29 is 14.3 Å². The van der Waals surface area contributed by atoms with Gasteiger partial charge in [-0.2, -0.15) is 5.10 Å². The Balaban J connectivity index is 1.88. The second-order valence-corrected chi connectivity index (χ2v) is 6.09. The van der Waals surface area contributed by atoms with Crippen LogP contribution in [0.2, 0.25) is 0 Å². The van der Waals surface area contributed by atoms with Gasteiger partial charge in [0.25, 0.3) is 5.91 Å². The molecule has 1 aliphatic heterocycles. The molecule has 0 saturated carbocycles. The zero-order valence-electron chi connectivity index (χ0n) is 13.2. The normalized spacial score (nSPS) is 21.5. The van der Waals surface area contributed by atoms with Crippen molar-refractivity contribution in [2.75, 3.05) is 13.1 Å². The lowest BCUT2D eigenvalue weighted by molar-refractivity contribution is 0.0248. The third-order valence-electron chi connectivity index (χ3n) is 4.53. The minimum atomic E-state index is -0.505. The summed E-state index contributed by atoms with van der Waals surface area (Å²) in [6.07, 6.45) is 1.73. The summed E-state index contributed by atoms with van der Waals surface area (Å²) in [5.74, 6) is -0.364. The highest BCUT2D eigenvalue weighted by molar-refractivity contribution is 5.95. The Morgan fingerprint density at radius 3 is 2.83 bits per heavy atom. The molecule has 23 heavy (non-hydrogen) atoms. The van der Waals surface area contributed by atoms with Crippen LogP contribution < -0.4 is 0 Å². The molecule has 2 atom stereocenters. The van der Waals surface area contributed by atoms with Gasteiger partial charge >= 0.3 is 0 Å². The van der Waals surface area contributed by atoms with Crippen molar-refractivity contribution in [1.82, 2.24) is 14.7 Å². The molecular formula is C17H20FN3O2. The Hall–Kier alpha value is -2.21. The van der Waals surface area contributed by atoms with Crippen LogP contribution in [0, 0.1) is 18.7 Å². The largest absolute Gasteiger partial charge is 0.391 e. The van der Waals surface area contributed by atoms with Gasteiger partial charge in [-0.15, -0.1) is 0 Å². The molecule has 0 aliphatic carbocycles. The van der Waals surface area contributed by atoms with E-state index in [-0.39, 0.29) is 17.6 Å². The number of aliphatic hydroxyl groups excluding tert-OH is 1. The molecule has 2 heterocycles. The number of halogens is 1. The first-order chi connectivity index (χ1) is 11.0. The van der Waals surface area contributed by atoms with E-state index in [1.54, 1.807) is 30.0 Å². The van der Waals surface area contributed by atoms with Gasteiger partial charge in [0.1, 0.15) is 11.5 Å². The van der Waals surface area contributed by atoms with E-state index < -0.39 is 6.10 Å². The number of para-hydroxylation sites is 1. The summed E-state index contributed by atoms with van der Waals surface area (Å²) in [5.41, 5.74) is 1.35. The molecular weight excluding hydrogens is 297 g/mol. The monoisotopic (exact) mass is 317 g/mol. The number of rotatable bonds is 2. The summed E-state index contributed by atoms with van der Waals surface area (Å²) in [6, 6.07) is 6.32. The molecule has 0 bridgehead atoms. The average molecular weight is 317 g/mol. The Kier molecular flexibility index (Phi) is 4.17. The zero-order valence-corrected chi connectivity index (χ0v) is 13.2. The number of amides is 1. The Morgan fingerprint density at radius 1 is 1.39 bits per heavy atom. The quantitative estimate of drug-likeness (QED) is 0.923. The number of aliphatic hydroxyl groups is 1. The molecule has 1 aliphatic rings. The standard InChI is InChI=1S/C17H20FN3O2/c1-11-7-8-20(10-16(11)22)17(23)13-9-19-21(12(13)2)15-6-4-3-5-14(15)18/h3-6,9,11,16,22H,7-8,10H2,1-2H3. The Labute approximate surface area is 134 Å². The fraction of sp³-hybridized carbons (Fsp3) is 0.412. The van der Waals surface area contributed by atoms with Gasteiger partial charge in [0.2, 0.25) is 0 Å². The van der Waals surface area contributed by atoms with Crippen molar-refractivity contribution in [3.63, 3.8) is 0 Å². The maximum atomic E-state index is 13.9. The van der Waals surface area contributed by atoms with Crippen molar-refractivity contribution in [3.8, 4) is 5.69 Å². The summed E-state index contributed by atoms with van der Waals surface area (Å²) in [6.45, 7) is 4.66. The SMILES string of the molecule is Cc1c(C(=O)N2CCC(C)C(O)C2)cnn1-c1ccccc1F. The molecule has 1 saturated heterocycles. The summed E-state index contributed by atoms with van der Waals surface area (Å²) >= 11 is 0. The van der Waals surface area contributed by atoms with Crippen molar-refractivity contribution in [3.05, 3.63) is 47.5 Å². The van der Waals surface area contributed by atoms with Gasteiger partial charge in [-0.25, -0.2) is 9.07 Å². The lowest BCUT2D eigenvalue weighted by Crippen LogP contribution is -2.45. The molecule has 1 fully saturated rings. The van der Waals surface area contributed by atoms with Crippen LogP contribution in [-0.2, 0) is 0 Å². The molecule has 1 N–H and O–H groups in total. The highest BCUT2D eigenvalue weighted by Gasteiger charge is 2.29. The van der Waals surface area contributed by atoms with Gasteiger partial charge in [0, 0.05) is 13.1 Å². The summed E-state index contributed by atoms with van der Waals surface area (Å²) in [4.78, 5) is 14.3. The van der Waals surface area contributed by atoms with Crippen LogP contribution in [0.3, 0.4) is 0 Å². The molecule has 3 rings (SSSR count). The molecule has 2 unspecified atom stereocenters. The van der Waals surface area contributed by atoms with Gasteiger partial charge in [-0.05, 0) is 31.4 Å². The van der Waals surface area contributed by atoms with E-state index in [0.717, 1.165) is 6.42 Å². The van der Waals surface area contributed by atoms with Crippen LogP contribution in [0.5, 0.6) is 0 Å². The molecule has 0 radical (unpaired) electrons. The number of likely N-dealkylation sites (tertiary alicyclic amines) is 1. The lowest BCUT2D eigenvalue weighted by atomic mass is 9.95. The molecule has 122 valence electrons. The first-order valence-corrected chi connectivity index (χ1v) is 7.76. The maximum absolute atomic E-state index is 13.9. The first kappa shape index (κ1) is 15.7. The minimum absolute atomic E-state index is 0.170. The first-order valence-electron chi connectivity index (χ1n) is 7.76. The third kappa shape index (κ3) is 2.86. The third-order valence-corrected chi connectivity index (χ3v) is 4.53. The Bertz CT molecular complexity index is 728. The number of carbonyl (C=O) groups is 1. The van der Waals surface area contributed by atoms with Crippen LogP contribution in [0.1, 0.15) is 29.4 Å². The van der Waals surface area contributed by atoms with Crippen molar-refractivity contribution >= 4 is 5.91 Å². The smallest absolute Gasteiger partial charge is 0.257 e. The second kappa shape index (κ2) is 6.12. The van der Waals surface area contributed by atoms with Gasteiger partial charge in [0.05, 0.1) is 23.6 Å². The van der Waals surface area contributed by atoms with E-state index in [2.05, 4.69) is 5.10 Å². The maximum Gasteiger partial charge on any atom is 0.257 e. The molecule has 0 spiro atoms. The minimum Gasteiger partial charge on any atom is -0.391 e. The zero-order chi connectivity index (χ0) is 16.6. The number of hydrogen-bond acceptors (Lipinski definition) is 3. The topological polar surface area (TPSA) is 58.4 Å². The van der Waals surface area contributed by atoms with Crippen molar-refractivity contribution in [2.45, 2.75) is 26.4 Å². The molecule has 2 aromatic rings. The summed E-state index contributed by atoms with van der Waals surface area (Å²) < 4.78 is 15.4. The van der Waals surface area contributed by atoms with Crippen LogP contribution in [-0.4, -0.2) is 44.9 Å². The molecule has 1 aromatic carbocycles. The number of β-amino-alcohol motifs (C(OH)–C–C–N with tert-alkyl or cyclic N) is 1. The average Bonchev–Trinajstić information content (AvgIpc) is 2.91. The van der Waals surface area contributed by atoms with E-state index in [1.165, 1.54) is 16.9 Å². The summed E-state index contributed by atoms with van der Waals surface area (Å²) in [7, 11) is 0. The lowest BCUT2D eigenvalue weighted by Gasteiger charge is -2.34. The van der Waals surface area contributed by atoms with Crippen molar-refractivity contribution in [2.24, 2.45) is 5.92 Å². The fourth-order valence-electron chi connectivity index (χ4n) is 2.89. The molecule has 6 heteroatoms. The van der Waals surface area contributed by atoms with E-state index >= 15 is 0 Å². The second-order valence-electron chi connectivity index (χ2n) is 6.09. The predicted molar refractivity (Wildman–Crippen MR) is 84.0 cm³/mol. The van der Waals surface area contributed by atoms with E-state index in [9.17, 15) is 14.3 Å². The van der Waals surface area contributed by atoms with E-state index in [0.29, 0.717) is 30.0 Å². The predicted octanol–water partition coefficient (Wildman–Crippen LogP) is 2.16. The number of benzene rings is 1. The highest BCUT2D eigenvalue weighted by Crippen LogP contribution is 2.22. The highest BCUT2D eigenvalue weighted by atomic mass is 19.1. The number of carbonyl (C=O) groups excluding carboxylic acids is 1. The number of hydrogen-bond donors (Lipinski definition) is 1. The number of nitrogens with zero attached hydrogens (tertiary/aromatic N) is 3. The van der Waals surface area contributed by atoms with Crippen LogP contribution >= 0.6 is 0 Å². The molecule has 1 aromatic heterocycles. The molecule has 5 nitrogen and oxygen atoms in total. The van der Waals surface area contributed by atoms with E-state index in [1.807, 2.05) is 6.92 Å².